The summed E-state index contributed by atoms with van der Waals surface area (Å²) in [6.45, 7) is 1.97. The van der Waals surface area contributed by atoms with Crippen LogP contribution in [0.15, 0.2) is 12.1 Å². The Labute approximate surface area is 114 Å². The van der Waals surface area contributed by atoms with Gasteiger partial charge in [0, 0.05) is 20.1 Å². The molecule has 3 nitrogen and oxygen atoms in total. The highest BCUT2D eigenvalue weighted by molar-refractivity contribution is 5.50. The second-order valence-electron chi connectivity index (χ2n) is 5.02. The molecule has 0 aliphatic rings. The summed E-state index contributed by atoms with van der Waals surface area (Å²) in [6, 6.07) is 2.77. The molecule has 1 rings (SSSR count). The Bertz CT molecular complexity index is 385. The van der Waals surface area contributed by atoms with Crippen LogP contribution < -0.4 is 10.2 Å². The molecule has 0 atom stereocenters. The van der Waals surface area contributed by atoms with Crippen molar-refractivity contribution in [3.63, 3.8) is 0 Å². The Morgan fingerprint density at radius 2 is 1.63 bits per heavy atom. The number of nitrogens with one attached hydrogen (secondary N) is 1. The lowest BCUT2D eigenvalue weighted by Gasteiger charge is -2.22. The molecule has 19 heavy (non-hydrogen) atoms. The first-order valence-corrected chi connectivity index (χ1v) is 6.44. The molecule has 0 aliphatic heterocycles. The molecule has 0 saturated carbocycles. The Morgan fingerprint density at radius 3 is 2.11 bits per heavy atom. The lowest BCUT2D eigenvalue weighted by Crippen LogP contribution is -2.25. The fourth-order valence-corrected chi connectivity index (χ4v) is 2.02. The molecule has 0 unspecified atom stereocenters. The van der Waals surface area contributed by atoms with Crippen molar-refractivity contribution in [2.45, 2.75) is 13.0 Å². The number of nitrogens with zero attached hydrogens (tertiary/aromatic N) is 2. The maximum Gasteiger partial charge on any atom is 0.149 e. The SMILES string of the molecule is CNCc1cc(F)c(N(C)CCCN(C)C)c(F)c1. The summed E-state index contributed by atoms with van der Waals surface area (Å²) in [5, 5.41) is 2.88. The van der Waals surface area contributed by atoms with Crippen molar-refractivity contribution in [2.75, 3.05) is 46.2 Å². The van der Waals surface area contributed by atoms with Crippen LogP contribution in [0.5, 0.6) is 0 Å². The molecule has 0 bridgehead atoms. The van der Waals surface area contributed by atoms with Gasteiger partial charge in [-0.25, -0.2) is 8.78 Å². The minimum atomic E-state index is -0.502. The summed E-state index contributed by atoms with van der Waals surface area (Å²) in [4.78, 5) is 3.69. The molecule has 0 spiro atoms. The third-order valence-electron chi connectivity index (χ3n) is 2.94. The van der Waals surface area contributed by atoms with Gasteiger partial charge in [0.15, 0.2) is 0 Å². The lowest BCUT2D eigenvalue weighted by atomic mass is 10.1. The molecule has 0 heterocycles. The van der Waals surface area contributed by atoms with E-state index in [2.05, 4.69) is 10.2 Å². The van der Waals surface area contributed by atoms with Crippen LogP contribution >= 0.6 is 0 Å². The molecular weight excluding hydrogens is 248 g/mol. The van der Waals surface area contributed by atoms with E-state index in [1.54, 1.807) is 19.0 Å². The van der Waals surface area contributed by atoms with Gasteiger partial charge in [-0.15, -0.1) is 0 Å². The highest BCUT2D eigenvalue weighted by Crippen LogP contribution is 2.24. The molecule has 5 heteroatoms. The van der Waals surface area contributed by atoms with Gasteiger partial charge in [0.2, 0.25) is 0 Å². The molecule has 0 amide bonds. The molecule has 1 N–H and O–H groups in total. The predicted molar refractivity (Wildman–Crippen MR) is 75.6 cm³/mol. The van der Waals surface area contributed by atoms with E-state index in [4.69, 9.17) is 0 Å². The predicted octanol–water partition coefficient (Wildman–Crippen LogP) is 2.07. The quantitative estimate of drug-likeness (QED) is 0.819. The van der Waals surface area contributed by atoms with E-state index in [9.17, 15) is 8.78 Å². The average Bonchev–Trinajstić information content (AvgIpc) is 2.27. The number of benzene rings is 1. The van der Waals surface area contributed by atoms with Gasteiger partial charge in [0.25, 0.3) is 0 Å². The van der Waals surface area contributed by atoms with Crippen LogP contribution in [0.4, 0.5) is 14.5 Å². The molecular formula is C14H23F2N3. The van der Waals surface area contributed by atoms with E-state index >= 15 is 0 Å². The number of anilines is 1. The first-order valence-electron chi connectivity index (χ1n) is 6.44. The van der Waals surface area contributed by atoms with E-state index in [0.717, 1.165) is 13.0 Å². The van der Waals surface area contributed by atoms with Crippen LogP contribution in [0.25, 0.3) is 0 Å². The van der Waals surface area contributed by atoms with E-state index in [0.29, 0.717) is 18.7 Å². The van der Waals surface area contributed by atoms with Crippen molar-refractivity contribution >= 4 is 5.69 Å². The Balaban J connectivity index is 2.76. The molecule has 0 aliphatic carbocycles. The molecule has 0 radical (unpaired) electrons. The zero-order chi connectivity index (χ0) is 14.4. The Hall–Kier alpha value is -1.20. The summed E-state index contributed by atoms with van der Waals surface area (Å²) < 4.78 is 27.9. The van der Waals surface area contributed by atoms with Gasteiger partial charge in [-0.3, -0.25) is 0 Å². The number of halogens is 2. The van der Waals surface area contributed by atoms with Crippen molar-refractivity contribution < 1.29 is 8.78 Å². The molecule has 1 aromatic rings. The summed E-state index contributed by atoms with van der Waals surface area (Å²) in [7, 11) is 7.42. The van der Waals surface area contributed by atoms with Crippen LogP contribution in [0, 0.1) is 11.6 Å². The third-order valence-corrected chi connectivity index (χ3v) is 2.94. The fourth-order valence-electron chi connectivity index (χ4n) is 2.02. The first-order chi connectivity index (χ1) is 8.95. The highest BCUT2D eigenvalue weighted by Gasteiger charge is 2.15. The van der Waals surface area contributed by atoms with Crippen LogP contribution in [0.1, 0.15) is 12.0 Å². The van der Waals surface area contributed by atoms with Gasteiger partial charge in [-0.2, -0.15) is 0 Å². The minimum Gasteiger partial charge on any atom is -0.370 e. The summed E-state index contributed by atoms with van der Waals surface area (Å²) in [6.07, 6.45) is 0.862. The van der Waals surface area contributed by atoms with Gasteiger partial charge in [-0.1, -0.05) is 0 Å². The van der Waals surface area contributed by atoms with Crippen LogP contribution in [0.2, 0.25) is 0 Å². The number of hydrogen-bond acceptors (Lipinski definition) is 3. The average molecular weight is 271 g/mol. The van der Waals surface area contributed by atoms with Gasteiger partial charge < -0.3 is 15.1 Å². The fraction of sp³-hybridized carbons (Fsp3) is 0.571. The van der Waals surface area contributed by atoms with E-state index < -0.39 is 11.6 Å². The van der Waals surface area contributed by atoms with Crippen molar-refractivity contribution in [1.29, 1.82) is 0 Å². The normalized spacial score (nSPS) is 11.1. The van der Waals surface area contributed by atoms with Gasteiger partial charge in [-0.05, 0) is 51.8 Å². The Kier molecular flexibility index (Phi) is 6.18. The summed E-state index contributed by atoms with van der Waals surface area (Å²) in [5.41, 5.74) is 0.668. The number of hydrogen-bond donors (Lipinski definition) is 1. The smallest absolute Gasteiger partial charge is 0.149 e. The topological polar surface area (TPSA) is 18.5 Å². The van der Waals surface area contributed by atoms with Crippen LogP contribution in [-0.2, 0) is 6.54 Å². The molecule has 0 fully saturated rings. The largest absolute Gasteiger partial charge is 0.370 e. The second kappa shape index (κ2) is 7.40. The van der Waals surface area contributed by atoms with Crippen molar-refractivity contribution in [3.8, 4) is 0 Å². The highest BCUT2D eigenvalue weighted by atomic mass is 19.1. The minimum absolute atomic E-state index is 0.0543. The first kappa shape index (κ1) is 15.9. The monoisotopic (exact) mass is 271 g/mol. The second-order valence-corrected chi connectivity index (χ2v) is 5.02. The van der Waals surface area contributed by atoms with Gasteiger partial charge >= 0.3 is 0 Å². The maximum absolute atomic E-state index is 14.0. The number of rotatable bonds is 7. The molecule has 108 valence electrons. The maximum atomic E-state index is 14.0. The summed E-state index contributed by atoms with van der Waals surface area (Å²) in [5.74, 6) is -1.00. The summed E-state index contributed by atoms with van der Waals surface area (Å²) >= 11 is 0. The lowest BCUT2D eigenvalue weighted by molar-refractivity contribution is 0.401. The van der Waals surface area contributed by atoms with Crippen molar-refractivity contribution in [3.05, 3.63) is 29.3 Å². The van der Waals surface area contributed by atoms with Crippen molar-refractivity contribution in [1.82, 2.24) is 10.2 Å². The molecule has 1 aromatic carbocycles. The molecule has 0 saturated heterocycles. The van der Waals surface area contributed by atoms with Gasteiger partial charge in [0.1, 0.15) is 17.3 Å². The van der Waals surface area contributed by atoms with E-state index in [-0.39, 0.29) is 5.69 Å². The Morgan fingerprint density at radius 1 is 1.05 bits per heavy atom. The standard InChI is InChI=1S/C14H23F2N3/c1-17-10-11-8-12(15)14(13(16)9-11)19(4)7-5-6-18(2)3/h8-9,17H,5-7,10H2,1-4H3. The zero-order valence-corrected chi connectivity index (χ0v) is 12.1. The zero-order valence-electron chi connectivity index (χ0n) is 12.1. The van der Waals surface area contributed by atoms with Gasteiger partial charge in [0.05, 0.1) is 0 Å². The van der Waals surface area contributed by atoms with Crippen LogP contribution in [-0.4, -0.2) is 46.2 Å². The van der Waals surface area contributed by atoms with Crippen LogP contribution in [0.3, 0.4) is 0 Å². The van der Waals surface area contributed by atoms with E-state index in [1.165, 1.54) is 12.1 Å². The third kappa shape index (κ3) is 4.76. The molecule has 0 aromatic heterocycles. The van der Waals surface area contributed by atoms with Crippen molar-refractivity contribution in [2.24, 2.45) is 0 Å². The van der Waals surface area contributed by atoms with E-state index in [1.807, 2.05) is 14.1 Å².